The minimum Gasteiger partial charge on any atom is -0.207 e. The molecule has 25 heavy (non-hydrogen) atoms. The Labute approximate surface area is 174 Å². The van der Waals surface area contributed by atoms with Crippen LogP contribution in [0.4, 0.5) is 0 Å². The van der Waals surface area contributed by atoms with Crippen LogP contribution in [0, 0.1) is 7.14 Å². The van der Waals surface area contributed by atoms with Crippen LogP contribution in [0.25, 0.3) is 12.2 Å². The largest absolute Gasteiger partial charge is 0.246 e. The van der Waals surface area contributed by atoms with Crippen LogP contribution in [0.2, 0.25) is 0 Å². The molecule has 0 radical (unpaired) electrons. The van der Waals surface area contributed by atoms with Gasteiger partial charge in [0, 0.05) is 18.0 Å². The highest BCUT2D eigenvalue weighted by Gasteiger charge is 2.15. The van der Waals surface area contributed by atoms with Crippen LogP contribution in [0.1, 0.15) is 11.1 Å². The summed E-state index contributed by atoms with van der Waals surface area (Å²) in [5, 5.41) is 1.65. The number of rotatable bonds is 6. The maximum atomic E-state index is 11.9. The molecule has 0 saturated heterocycles. The van der Waals surface area contributed by atoms with E-state index in [-0.39, 0.29) is 0 Å². The molecule has 0 aliphatic rings. The molecule has 0 spiro atoms. The summed E-state index contributed by atoms with van der Waals surface area (Å²) in [4.78, 5) is 0. The summed E-state index contributed by atoms with van der Waals surface area (Å²) in [6.07, 6.45) is 2.66. The zero-order valence-corrected chi connectivity index (χ0v) is 18.6. The fraction of sp³-hybridized carbons (Fsp3) is 0. The number of nitrogens with one attached hydrogen (secondary N) is 1. The zero-order chi connectivity index (χ0) is 18.5. The second-order valence-electron chi connectivity index (χ2n) is 4.88. The van der Waals surface area contributed by atoms with Gasteiger partial charge in [0.2, 0.25) is 20.0 Å². The third-order valence-electron chi connectivity index (χ3n) is 2.85. The van der Waals surface area contributed by atoms with E-state index in [2.05, 4.69) is 45.2 Å². The molecule has 1 N–H and O–H groups in total. The maximum Gasteiger partial charge on any atom is 0.246 e. The lowest BCUT2D eigenvalue weighted by Gasteiger charge is -2.01. The summed E-state index contributed by atoms with van der Waals surface area (Å²) in [7, 11) is -8.26. The molecule has 2 aromatic carbocycles. The molecule has 2 aromatic rings. The van der Waals surface area contributed by atoms with Crippen LogP contribution in [0.15, 0.2) is 59.3 Å². The molecule has 0 bridgehead atoms. The minimum absolute atomic E-state index is 0.651. The number of hydrogen-bond donors (Lipinski definition) is 1. The molecule has 0 aliphatic carbocycles. The lowest BCUT2D eigenvalue weighted by molar-refractivity contribution is 0.587. The molecule has 5 nitrogen and oxygen atoms in total. The predicted octanol–water partition coefficient (Wildman–Crippen LogP) is 3.79. The average molecular weight is 601 g/mol. The van der Waals surface area contributed by atoms with E-state index >= 15 is 0 Å². The zero-order valence-electron chi connectivity index (χ0n) is 12.6. The Morgan fingerprint density at radius 3 is 1.28 bits per heavy atom. The van der Waals surface area contributed by atoms with Gasteiger partial charge in [-0.3, -0.25) is 0 Å². The lowest BCUT2D eigenvalue weighted by atomic mass is 10.2. The van der Waals surface area contributed by atoms with Gasteiger partial charge in [0.1, 0.15) is 0 Å². The maximum absolute atomic E-state index is 11.9. The lowest BCUT2D eigenvalue weighted by Crippen LogP contribution is -2.26. The van der Waals surface area contributed by atoms with E-state index in [1.54, 1.807) is 28.4 Å². The molecule has 2 rings (SSSR count). The summed E-state index contributed by atoms with van der Waals surface area (Å²) in [5.74, 6) is 0. The second-order valence-corrected chi connectivity index (χ2v) is 10.8. The molecular weight excluding hydrogens is 588 g/mol. The highest BCUT2D eigenvalue weighted by atomic mass is 127. The summed E-state index contributed by atoms with van der Waals surface area (Å²) in [5.41, 5.74) is 1.30. The molecule has 0 amide bonds. The molecule has 0 atom stereocenters. The Hall–Kier alpha value is -0.760. The molecule has 0 aromatic heterocycles. The standard InChI is InChI=1S/C16H13I2NO4S2/c17-15-5-1-13(2-6-15)9-11-24(20,21)19-25(22,23)12-10-14-3-7-16(18)8-4-14/h1-12,19H/b11-9+,12-10+. The van der Waals surface area contributed by atoms with E-state index in [1.165, 1.54) is 12.2 Å². The summed E-state index contributed by atoms with van der Waals surface area (Å²) >= 11 is 4.26. The second kappa shape index (κ2) is 8.75. The first-order valence-electron chi connectivity index (χ1n) is 6.81. The van der Waals surface area contributed by atoms with Crippen molar-refractivity contribution in [3.8, 4) is 0 Å². The molecule has 0 saturated carbocycles. The van der Waals surface area contributed by atoms with Gasteiger partial charge in [0.25, 0.3) is 0 Å². The van der Waals surface area contributed by atoms with Crippen LogP contribution >= 0.6 is 45.2 Å². The van der Waals surface area contributed by atoms with Gasteiger partial charge in [-0.1, -0.05) is 24.3 Å². The first-order valence-corrected chi connectivity index (χ1v) is 12.1. The van der Waals surface area contributed by atoms with Crippen LogP contribution in [0.5, 0.6) is 0 Å². The molecule has 132 valence electrons. The SMILES string of the molecule is O=S(=O)(/C=C/c1ccc(I)cc1)NS(=O)(=O)/C=C/c1ccc(I)cc1. The van der Waals surface area contributed by atoms with E-state index in [0.29, 0.717) is 11.1 Å². The fourth-order valence-electron chi connectivity index (χ4n) is 1.70. The number of benzene rings is 2. The van der Waals surface area contributed by atoms with E-state index in [9.17, 15) is 16.8 Å². The molecular formula is C16H13I2NO4S2. The van der Waals surface area contributed by atoms with Gasteiger partial charge >= 0.3 is 0 Å². The molecule has 0 heterocycles. The van der Waals surface area contributed by atoms with E-state index in [4.69, 9.17) is 0 Å². The van der Waals surface area contributed by atoms with Crippen molar-refractivity contribution in [1.82, 2.24) is 4.13 Å². The Morgan fingerprint density at radius 1 is 0.640 bits per heavy atom. The predicted molar refractivity (Wildman–Crippen MR) is 117 cm³/mol. The first kappa shape index (κ1) is 20.6. The number of sulfonamides is 2. The third-order valence-corrected chi connectivity index (χ3v) is 7.14. The number of hydrogen-bond acceptors (Lipinski definition) is 4. The molecule has 0 fully saturated rings. The topological polar surface area (TPSA) is 80.3 Å². The van der Waals surface area contributed by atoms with E-state index < -0.39 is 20.0 Å². The van der Waals surface area contributed by atoms with Crippen LogP contribution in [-0.2, 0) is 20.0 Å². The van der Waals surface area contributed by atoms with Gasteiger partial charge in [0.15, 0.2) is 0 Å². The molecule has 0 aliphatic heterocycles. The summed E-state index contributed by atoms with van der Waals surface area (Å²) in [6, 6.07) is 14.2. The van der Waals surface area contributed by atoms with Gasteiger partial charge in [-0.25, -0.2) is 16.8 Å². The van der Waals surface area contributed by atoms with Crippen molar-refractivity contribution in [2.75, 3.05) is 0 Å². The smallest absolute Gasteiger partial charge is 0.207 e. The Bertz CT molecular complexity index is 912. The van der Waals surface area contributed by atoms with Crippen LogP contribution in [-0.4, -0.2) is 16.8 Å². The van der Waals surface area contributed by atoms with Crippen molar-refractivity contribution < 1.29 is 16.8 Å². The van der Waals surface area contributed by atoms with Crippen molar-refractivity contribution in [3.63, 3.8) is 0 Å². The fourth-order valence-corrected chi connectivity index (χ4v) is 4.83. The average Bonchev–Trinajstić information content (AvgIpc) is 2.53. The van der Waals surface area contributed by atoms with Gasteiger partial charge in [-0.15, -0.1) is 4.13 Å². The van der Waals surface area contributed by atoms with Gasteiger partial charge in [0.05, 0.1) is 0 Å². The van der Waals surface area contributed by atoms with Crippen molar-refractivity contribution in [2.45, 2.75) is 0 Å². The van der Waals surface area contributed by atoms with Crippen molar-refractivity contribution >= 4 is 77.4 Å². The summed E-state index contributed by atoms with van der Waals surface area (Å²) in [6.45, 7) is 0. The van der Waals surface area contributed by atoms with E-state index in [0.717, 1.165) is 18.0 Å². The highest BCUT2D eigenvalue weighted by Crippen LogP contribution is 2.10. The van der Waals surface area contributed by atoms with E-state index in [1.807, 2.05) is 24.3 Å². The van der Waals surface area contributed by atoms with Crippen molar-refractivity contribution in [1.29, 1.82) is 0 Å². The van der Waals surface area contributed by atoms with Crippen LogP contribution in [0.3, 0.4) is 0 Å². The first-order chi connectivity index (χ1) is 11.7. The molecule has 0 unspecified atom stereocenters. The Balaban J connectivity index is 2.09. The number of halogens is 2. The normalized spacial score (nSPS) is 12.9. The summed E-state index contributed by atoms with van der Waals surface area (Å²) < 4.78 is 51.4. The Morgan fingerprint density at radius 2 is 0.960 bits per heavy atom. The van der Waals surface area contributed by atoms with Crippen molar-refractivity contribution in [2.24, 2.45) is 0 Å². The molecule has 9 heteroatoms. The van der Waals surface area contributed by atoms with Gasteiger partial charge in [-0.05, 0) is 92.7 Å². The van der Waals surface area contributed by atoms with Crippen molar-refractivity contribution in [3.05, 3.63) is 77.6 Å². The van der Waals surface area contributed by atoms with Gasteiger partial charge in [-0.2, -0.15) is 0 Å². The highest BCUT2D eigenvalue weighted by molar-refractivity contribution is 14.1. The van der Waals surface area contributed by atoms with Gasteiger partial charge < -0.3 is 0 Å². The quantitative estimate of drug-likeness (QED) is 0.512. The monoisotopic (exact) mass is 601 g/mol. The Kier molecular flexibility index (Phi) is 7.19. The third kappa shape index (κ3) is 7.56. The minimum atomic E-state index is -4.13. The van der Waals surface area contributed by atoms with Crippen LogP contribution < -0.4 is 4.13 Å².